The van der Waals surface area contributed by atoms with Crippen molar-refractivity contribution < 1.29 is 9.84 Å². The van der Waals surface area contributed by atoms with Crippen LogP contribution in [0.15, 0.2) is 23.2 Å². The summed E-state index contributed by atoms with van der Waals surface area (Å²) in [5, 5.41) is 17.4. The van der Waals surface area contributed by atoms with E-state index in [1.165, 1.54) is 4.88 Å². The van der Waals surface area contributed by atoms with E-state index in [-0.39, 0.29) is 5.75 Å². The number of aromatic nitrogens is 1. The second-order valence-corrected chi connectivity index (χ2v) is 6.58. The molecule has 0 saturated heterocycles. The molecule has 0 aliphatic heterocycles. The zero-order valence-electron chi connectivity index (χ0n) is 14.5. The molecular formula is C17H24N4O2S. The Morgan fingerprint density at radius 3 is 2.75 bits per heavy atom. The number of thiazole rings is 1. The summed E-state index contributed by atoms with van der Waals surface area (Å²) in [4.78, 5) is 10.3. The first-order chi connectivity index (χ1) is 11.5. The molecule has 130 valence electrons. The maximum Gasteiger partial charge on any atom is 0.191 e. The lowest BCUT2D eigenvalue weighted by atomic mass is 10.2. The Morgan fingerprint density at radius 2 is 2.12 bits per heavy atom. The van der Waals surface area contributed by atoms with Gasteiger partial charge in [-0.2, -0.15) is 0 Å². The molecule has 0 aliphatic carbocycles. The van der Waals surface area contributed by atoms with Gasteiger partial charge in [-0.1, -0.05) is 0 Å². The molecule has 0 bridgehead atoms. The lowest BCUT2D eigenvalue weighted by Gasteiger charge is -2.11. The molecular weight excluding hydrogens is 324 g/mol. The molecule has 3 N–H and O–H groups in total. The first-order valence-electron chi connectivity index (χ1n) is 7.84. The van der Waals surface area contributed by atoms with E-state index in [0.29, 0.717) is 30.4 Å². The topological polar surface area (TPSA) is 78.8 Å². The van der Waals surface area contributed by atoms with E-state index in [4.69, 9.17) is 4.74 Å². The van der Waals surface area contributed by atoms with Crippen LogP contribution in [-0.2, 0) is 13.1 Å². The van der Waals surface area contributed by atoms with E-state index in [0.717, 1.165) is 17.2 Å². The molecule has 0 unspecified atom stereocenters. The van der Waals surface area contributed by atoms with Gasteiger partial charge in [-0.25, -0.2) is 9.98 Å². The highest BCUT2D eigenvalue weighted by atomic mass is 32.1. The van der Waals surface area contributed by atoms with Gasteiger partial charge in [0.25, 0.3) is 0 Å². The number of methoxy groups -OCH3 is 1. The highest BCUT2D eigenvalue weighted by Gasteiger charge is 2.06. The van der Waals surface area contributed by atoms with Crippen molar-refractivity contribution in [1.82, 2.24) is 15.6 Å². The van der Waals surface area contributed by atoms with Crippen molar-refractivity contribution in [2.75, 3.05) is 13.7 Å². The standard InChI is InChI=1S/C17H24N4O2S/c1-5-18-17(20-10-16-21-11(2)12(3)24-16)19-9-13-8-14(23-4)6-7-15(13)22/h6-8,22H,5,9-10H2,1-4H3,(H2,18,19,20). The third-order valence-electron chi connectivity index (χ3n) is 3.52. The highest BCUT2D eigenvalue weighted by molar-refractivity contribution is 7.11. The summed E-state index contributed by atoms with van der Waals surface area (Å²) in [6.45, 7) is 7.83. The average Bonchev–Trinajstić information content (AvgIpc) is 2.89. The molecule has 0 atom stereocenters. The predicted molar refractivity (Wildman–Crippen MR) is 97.9 cm³/mol. The lowest BCUT2D eigenvalue weighted by molar-refractivity contribution is 0.411. The van der Waals surface area contributed by atoms with Gasteiger partial charge in [0.15, 0.2) is 5.96 Å². The van der Waals surface area contributed by atoms with Crippen LogP contribution >= 0.6 is 11.3 Å². The molecule has 0 aliphatic rings. The number of aryl methyl sites for hydroxylation is 2. The minimum atomic E-state index is 0.210. The van der Waals surface area contributed by atoms with E-state index in [1.807, 2.05) is 13.8 Å². The number of hydrogen-bond donors (Lipinski definition) is 3. The fourth-order valence-corrected chi connectivity index (χ4v) is 2.97. The summed E-state index contributed by atoms with van der Waals surface area (Å²) >= 11 is 1.68. The molecule has 24 heavy (non-hydrogen) atoms. The third-order valence-corrected chi connectivity index (χ3v) is 4.59. The normalized spacial score (nSPS) is 11.4. The molecule has 1 aromatic carbocycles. The number of phenols is 1. The smallest absolute Gasteiger partial charge is 0.191 e. The van der Waals surface area contributed by atoms with Gasteiger partial charge in [0.1, 0.15) is 16.5 Å². The number of aromatic hydroxyl groups is 1. The van der Waals surface area contributed by atoms with Crippen LogP contribution in [0.4, 0.5) is 0 Å². The zero-order valence-corrected chi connectivity index (χ0v) is 15.3. The van der Waals surface area contributed by atoms with Crippen LogP contribution in [0.2, 0.25) is 0 Å². The quantitative estimate of drug-likeness (QED) is 0.553. The van der Waals surface area contributed by atoms with E-state index >= 15 is 0 Å². The largest absolute Gasteiger partial charge is 0.508 e. The SMILES string of the molecule is CCNC(=NCc1cc(OC)ccc1O)NCc1nc(C)c(C)s1. The number of benzene rings is 1. The van der Waals surface area contributed by atoms with Gasteiger partial charge in [-0.3, -0.25) is 0 Å². The number of guanidine groups is 1. The molecule has 1 heterocycles. The molecule has 2 aromatic rings. The van der Waals surface area contributed by atoms with Gasteiger partial charge in [-0.15, -0.1) is 11.3 Å². The van der Waals surface area contributed by atoms with E-state index in [2.05, 4.69) is 27.5 Å². The van der Waals surface area contributed by atoms with Crippen molar-refractivity contribution in [3.8, 4) is 11.5 Å². The number of ether oxygens (including phenoxy) is 1. The fraction of sp³-hybridized carbons (Fsp3) is 0.412. The highest BCUT2D eigenvalue weighted by Crippen LogP contribution is 2.23. The Labute approximate surface area is 146 Å². The van der Waals surface area contributed by atoms with Gasteiger partial charge in [-0.05, 0) is 39.0 Å². The van der Waals surface area contributed by atoms with Crippen LogP contribution < -0.4 is 15.4 Å². The summed E-state index contributed by atoms with van der Waals surface area (Å²) in [7, 11) is 1.60. The summed E-state index contributed by atoms with van der Waals surface area (Å²) in [6, 6.07) is 5.13. The average molecular weight is 348 g/mol. The van der Waals surface area contributed by atoms with Gasteiger partial charge in [0, 0.05) is 17.0 Å². The maximum absolute atomic E-state index is 9.94. The second-order valence-electron chi connectivity index (χ2n) is 5.29. The Kier molecular flexibility index (Phi) is 6.43. The molecule has 7 heteroatoms. The van der Waals surface area contributed by atoms with E-state index in [9.17, 15) is 5.11 Å². The number of rotatable bonds is 6. The van der Waals surface area contributed by atoms with Crippen molar-refractivity contribution >= 4 is 17.3 Å². The minimum Gasteiger partial charge on any atom is -0.508 e. The summed E-state index contributed by atoms with van der Waals surface area (Å²) in [5.41, 5.74) is 1.78. The van der Waals surface area contributed by atoms with Gasteiger partial charge < -0.3 is 20.5 Å². The summed E-state index contributed by atoms with van der Waals surface area (Å²) in [5.74, 6) is 1.59. The first-order valence-corrected chi connectivity index (χ1v) is 8.66. The van der Waals surface area contributed by atoms with Crippen LogP contribution in [0.25, 0.3) is 0 Å². The maximum atomic E-state index is 9.94. The predicted octanol–water partition coefficient (Wildman–Crippen LogP) is 2.73. The number of phenolic OH excluding ortho intramolecular Hbond substituents is 1. The van der Waals surface area contributed by atoms with E-state index in [1.54, 1.807) is 36.6 Å². The van der Waals surface area contributed by atoms with Gasteiger partial charge >= 0.3 is 0 Å². The number of nitrogens with zero attached hydrogens (tertiary/aromatic N) is 2. The zero-order chi connectivity index (χ0) is 17.5. The molecule has 0 radical (unpaired) electrons. The first kappa shape index (κ1) is 18.1. The molecule has 1 aromatic heterocycles. The Morgan fingerprint density at radius 1 is 1.33 bits per heavy atom. The van der Waals surface area contributed by atoms with Crippen molar-refractivity contribution in [2.24, 2.45) is 4.99 Å². The lowest BCUT2D eigenvalue weighted by Crippen LogP contribution is -2.36. The van der Waals surface area contributed by atoms with Crippen molar-refractivity contribution in [2.45, 2.75) is 33.9 Å². The number of nitrogens with one attached hydrogen (secondary N) is 2. The van der Waals surface area contributed by atoms with Crippen molar-refractivity contribution in [3.63, 3.8) is 0 Å². The Balaban J connectivity index is 2.04. The molecule has 6 nitrogen and oxygen atoms in total. The molecule has 0 fully saturated rings. The van der Waals surface area contributed by atoms with E-state index < -0.39 is 0 Å². The molecule has 0 spiro atoms. The van der Waals surface area contributed by atoms with Crippen LogP contribution in [0.5, 0.6) is 11.5 Å². The van der Waals surface area contributed by atoms with Crippen LogP contribution in [0, 0.1) is 13.8 Å². The van der Waals surface area contributed by atoms with Crippen LogP contribution in [-0.4, -0.2) is 29.7 Å². The molecule has 2 rings (SSSR count). The fourth-order valence-electron chi connectivity index (χ4n) is 2.10. The third kappa shape index (κ3) is 4.86. The van der Waals surface area contributed by atoms with Gasteiger partial charge in [0.05, 0.1) is 25.9 Å². The van der Waals surface area contributed by atoms with Crippen LogP contribution in [0.1, 0.15) is 28.1 Å². The second kappa shape index (κ2) is 8.54. The Hall–Kier alpha value is -2.28. The van der Waals surface area contributed by atoms with Crippen molar-refractivity contribution in [3.05, 3.63) is 39.3 Å². The van der Waals surface area contributed by atoms with Crippen LogP contribution in [0.3, 0.4) is 0 Å². The summed E-state index contributed by atoms with van der Waals surface area (Å²) < 4.78 is 5.19. The minimum absolute atomic E-state index is 0.210. The van der Waals surface area contributed by atoms with Crippen molar-refractivity contribution in [1.29, 1.82) is 0 Å². The number of aliphatic imine (C=N–C) groups is 1. The molecule has 0 amide bonds. The monoisotopic (exact) mass is 348 g/mol. The van der Waals surface area contributed by atoms with Gasteiger partial charge in [0.2, 0.25) is 0 Å². The Bertz CT molecular complexity index is 693. The summed E-state index contributed by atoms with van der Waals surface area (Å²) in [6.07, 6.45) is 0. The number of hydrogen-bond acceptors (Lipinski definition) is 5. The molecule has 0 saturated carbocycles.